The Morgan fingerprint density at radius 2 is 1.09 bits per heavy atom. The fourth-order valence-electron chi connectivity index (χ4n) is 1.80. The van der Waals surface area contributed by atoms with Gasteiger partial charge in [-0.05, 0) is 26.8 Å². The smallest absolute Gasteiger partial charge is 0.321 e. The van der Waals surface area contributed by atoms with Crippen LogP contribution in [-0.2, 0) is 38.4 Å². The first-order chi connectivity index (χ1) is 21.5. The Bertz CT molecular complexity index is 889. The van der Waals surface area contributed by atoms with E-state index in [1.165, 1.54) is 6.92 Å². The van der Waals surface area contributed by atoms with Crippen molar-refractivity contribution in [1.82, 2.24) is 5.32 Å². The van der Waals surface area contributed by atoms with E-state index in [1.54, 1.807) is 7.05 Å². The monoisotopic (exact) mass is 710 g/mol. The topological polar surface area (TPSA) is 441 Å². The van der Waals surface area contributed by atoms with Gasteiger partial charge in [0.1, 0.15) is 18.1 Å². The molecule has 47 heavy (non-hydrogen) atoms. The molecule has 1 aliphatic rings. The third-order valence-electron chi connectivity index (χ3n) is 4.18. The minimum atomic E-state index is -1.29. The Morgan fingerprint density at radius 1 is 0.702 bits per heavy atom. The van der Waals surface area contributed by atoms with E-state index in [0.717, 1.165) is 25.7 Å². The van der Waals surface area contributed by atoms with E-state index >= 15 is 0 Å². The molecule has 3 atom stereocenters. The van der Waals surface area contributed by atoms with Gasteiger partial charge in [0.05, 0.1) is 31.8 Å². The fourth-order valence-corrected chi connectivity index (χ4v) is 1.96. The number of thiol groups is 1. The summed E-state index contributed by atoms with van der Waals surface area (Å²) in [6.45, 7) is 1.41. The maximum Gasteiger partial charge on any atom is 0.321 e. The zero-order chi connectivity index (χ0) is 38.7. The Hall–Kier alpha value is -4.13. The van der Waals surface area contributed by atoms with Crippen molar-refractivity contribution < 1.29 is 79.2 Å². The van der Waals surface area contributed by atoms with Crippen LogP contribution < -0.4 is 34.0 Å². The van der Waals surface area contributed by atoms with Gasteiger partial charge in [0.25, 0.3) is 0 Å². The third-order valence-corrected chi connectivity index (χ3v) is 4.57. The predicted octanol–water partition coefficient (Wildman–Crippen LogP) is -3.38. The van der Waals surface area contributed by atoms with Crippen LogP contribution in [0.5, 0.6) is 0 Å². The zero-order valence-corrected chi connectivity index (χ0v) is 27.0. The highest BCUT2D eigenvalue weighted by atomic mass is 32.1. The lowest BCUT2D eigenvalue weighted by molar-refractivity contribution is -0.144. The van der Waals surface area contributed by atoms with Crippen molar-refractivity contribution in [2.75, 3.05) is 32.4 Å². The summed E-state index contributed by atoms with van der Waals surface area (Å²) < 4.78 is 0. The van der Waals surface area contributed by atoms with Gasteiger partial charge in [-0.15, -0.1) is 0 Å². The minimum absolute atomic E-state index is 0.0185. The van der Waals surface area contributed by atoms with E-state index in [0.29, 0.717) is 0 Å². The van der Waals surface area contributed by atoms with Crippen LogP contribution in [0.2, 0.25) is 0 Å². The minimum Gasteiger partial charge on any atom is -0.481 e. The lowest BCUT2D eigenvalue weighted by Gasteiger charge is -1.99. The molecule has 0 amide bonds. The SMILES string of the molecule is CNCC(=O)O.C[C@H](N)C(=O)O.NCC(=O)O.NCCC(=O)O.N[C@@H](CC(=O)O)C(=O)O.N[C@@H](CS)C(=O)O.O=C(O)C1CCCC1. The van der Waals surface area contributed by atoms with Gasteiger partial charge in [0, 0.05) is 12.3 Å². The van der Waals surface area contributed by atoms with Crippen molar-refractivity contribution in [3.05, 3.63) is 0 Å². The van der Waals surface area contributed by atoms with E-state index in [1.807, 2.05) is 0 Å². The molecular formula is C24H50N6O16S. The van der Waals surface area contributed by atoms with Gasteiger partial charge in [-0.1, -0.05) is 12.8 Å². The van der Waals surface area contributed by atoms with Crippen LogP contribution in [0.15, 0.2) is 0 Å². The lowest BCUT2D eigenvalue weighted by atomic mass is 10.1. The highest BCUT2D eigenvalue weighted by Gasteiger charge is 2.21. The molecule has 1 saturated carbocycles. The molecule has 1 rings (SSSR count). The Morgan fingerprint density at radius 3 is 1.15 bits per heavy atom. The van der Waals surface area contributed by atoms with Crippen LogP contribution in [0, 0.1) is 5.92 Å². The van der Waals surface area contributed by atoms with Crippen LogP contribution in [-0.4, -0.2) is 139 Å². The third kappa shape index (κ3) is 61.6. The number of rotatable bonds is 12. The second kappa shape index (κ2) is 38.1. The summed E-state index contributed by atoms with van der Waals surface area (Å²) in [5.74, 6) is -7.53. The molecule has 0 bridgehead atoms. The molecule has 23 heteroatoms. The van der Waals surface area contributed by atoms with Crippen LogP contribution in [0.25, 0.3) is 0 Å². The molecule has 0 aromatic carbocycles. The molecule has 1 fully saturated rings. The first kappa shape index (κ1) is 55.3. The van der Waals surface area contributed by atoms with Gasteiger partial charge in [0.15, 0.2) is 0 Å². The molecule has 0 saturated heterocycles. The number of hydrogen-bond donors (Lipinski definition) is 15. The van der Waals surface area contributed by atoms with Crippen LogP contribution >= 0.6 is 12.6 Å². The van der Waals surface area contributed by atoms with E-state index in [-0.39, 0.29) is 37.7 Å². The number of likely N-dealkylation sites (N-methyl/N-ethyl adjacent to an activating group) is 1. The van der Waals surface area contributed by atoms with Gasteiger partial charge in [-0.25, -0.2) is 0 Å². The molecule has 278 valence electrons. The van der Waals surface area contributed by atoms with Gasteiger partial charge < -0.3 is 74.8 Å². The van der Waals surface area contributed by atoms with Gasteiger partial charge in [-0.2, -0.15) is 12.6 Å². The van der Waals surface area contributed by atoms with Crippen LogP contribution in [0.4, 0.5) is 0 Å². The predicted molar refractivity (Wildman–Crippen MR) is 168 cm³/mol. The van der Waals surface area contributed by atoms with E-state index in [9.17, 15) is 38.4 Å². The molecule has 0 heterocycles. The number of carboxylic acid groups (broad SMARTS) is 8. The van der Waals surface area contributed by atoms with E-state index < -0.39 is 72.3 Å². The Labute approximate surface area is 275 Å². The lowest BCUT2D eigenvalue weighted by Crippen LogP contribution is -2.32. The van der Waals surface area contributed by atoms with E-state index in [2.05, 4.69) is 23.7 Å². The molecule has 0 radical (unpaired) electrons. The number of aliphatic carboxylic acids is 8. The number of hydrogen-bond acceptors (Lipinski definition) is 15. The molecule has 1 aliphatic carbocycles. The molecule has 19 N–H and O–H groups in total. The number of carboxylic acids is 8. The molecule has 0 aromatic rings. The normalized spacial score (nSPS) is 12.7. The summed E-state index contributed by atoms with van der Waals surface area (Å²) in [5.41, 5.74) is 24.0. The first-order valence-electron chi connectivity index (χ1n) is 13.2. The highest BCUT2D eigenvalue weighted by Crippen LogP contribution is 2.24. The van der Waals surface area contributed by atoms with Crippen LogP contribution in [0.1, 0.15) is 45.4 Å². The van der Waals surface area contributed by atoms with Crippen molar-refractivity contribution in [1.29, 1.82) is 0 Å². The Balaban J connectivity index is -0.000000105. The van der Waals surface area contributed by atoms with Crippen molar-refractivity contribution in [2.24, 2.45) is 34.6 Å². The summed E-state index contributed by atoms with van der Waals surface area (Å²) >= 11 is 3.65. The maximum absolute atomic E-state index is 10.2. The average Bonchev–Trinajstić information content (AvgIpc) is 3.50. The largest absolute Gasteiger partial charge is 0.481 e. The Kier molecular flexibility index (Phi) is 44.8. The molecular weight excluding hydrogens is 660 g/mol. The number of nitrogens with one attached hydrogen (secondary N) is 1. The van der Waals surface area contributed by atoms with Crippen molar-refractivity contribution in [3.8, 4) is 0 Å². The van der Waals surface area contributed by atoms with Crippen molar-refractivity contribution in [2.45, 2.75) is 63.6 Å². The summed E-state index contributed by atoms with van der Waals surface area (Å²) in [7, 11) is 1.59. The first-order valence-corrected chi connectivity index (χ1v) is 13.8. The van der Waals surface area contributed by atoms with Gasteiger partial charge >= 0.3 is 47.8 Å². The average molecular weight is 711 g/mol. The van der Waals surface area contributed by atoms with Gasteiger partial charge in [-0.3, -0.25) is 38.4 Å². The fraction of sp³-hybridized carbons (Fsp3) is 0.667. The summed E-state index contributed by atoms with van der Waals surface area (Å²) in [6, 6.07) is -2.84. The highest BCUT2D eigenvalue weighted by molar-refractivity contribution is 7.80. The van der Waals surface area contributed by atoms with E-state index in [4.69, 9.17) is 63.8 Å². The van der Waals surface area contributed by atoms with Crippen molar-refractivity contribution >= 4 is 60.4 Å². The molecule has 0 unspecified atom stereocenters. The molecule has 0 aromatic heterocycles. The summed E-state index contributed by atoms with van der Waals surface area (Å²) in [6.07, 6.45) is 3.55. The molecule has 0 spiro atoms. The number of carbonyl (C=O) groups is 8. The standard InChI is InChI=1S/C6H10O2.C4H7NO4.C3H7NO2S.3C3H7NO2.C2H5NO2/c7-6(8)5-3-1-2-4-5;5-2(4(8)9)1-3(6)7;4-2(1-7)3(5)6;1-4-2-3(5)6;1-2(4)3(5)6;4-2-1-3(5)6;3-1-2(4)5/h5H,1-4H2,(H,7,8);2H,1,5H2,(H,6,7)(H,8,9);2,7H,1,4H2,(H,5,6);4H,2H2,1H3,(H,5,6);2H,4H2,1H3,(H,5,6);1-2,4H2,(H,5,6);1,3H2,(H,4,5)/t;2*2-;;2-;;/m.00.0../s1. The summed E-state index contributed by atoms with van der Waals surface area (Å²) in [5, 5.41) is 66.1. The number of nitrogens with two attached hydrogens (primary N) is 5. The zero-order valence-electron chi connectivity index (χ0n) is 26.1. The molecule has 22 nitrogen and oxygen atoms in total. The quantitative estimate of drug-likeness (QED) is 0.0878. The maximum atomic E-state index is 10.2. The molecule has 0 aliphatic heterocycles. The van der Waals surface area contributed by atoms with Gasteiger partial charge in [0.2, 0.25) is 0 Å². The second-order valence-electron chi connectivity index (χ2n) is 8.57. The second-order valence-corrected chi connectivity index (χ2v) is 8.94. The summed E-state index contributed by atoms with van der Waals surface area (Å²) in [4.78, 5) is 77.4. The van der Waals surface area contributed by atoms with Crippen molar-refractivity contribution in [3.63, 3.8) is 0 Å². The van der Waals surface area contributed by atoms with Crippen LogP contribution in [0.3, 0.4) is 0 Å².